The molecule has 0 bridgehead atoms. The third-order valence-corrected chi connectivity index (χ3v) is 0.528. The molecule has 0 heterocycles. The molecule has 0 aliphatic heterocycles. The molecule has 0 atom stereocenters. The molecule has 4 N–H and O–H groups in total. The number of carboxylic acid groups (broad SMARTS) is 2. The van der Waals surface area contributed by atoms with Crippen LogP contribution >= 0.6 is 0 Å². The Morgan fingerprint density at radius 2 is 1.80 bits per heavy atom. The fourth-order valence-electron chi connectivity index (χ4n) is 0.1000. The van der Waals surface area contributed by atoms with Crippen LogP contribution in [-0.4, -0.2) is 45.0 Å². The van der Waals surface area contributed by atoms with Gasteiger partial charge in [-0.05, 0) is 6.92 Å². The second kappa shape index (κ2) is 8.15. The van der Waals surface area contributed by atoms with Gasteiger partial charge in [0.25, 0.3) is 0 Å². The molecule has 0 aliphatic carbocycles. The molecule has 10 heavy (non-hydrogen) atoms. The first-order valence-corrected chi connectivity index (χ1v) is 2.51. The summed E-state index contributed by atoms with van der Waals surface area (Å²) >= 11 is 0. The number of carbonyl (C=O) groups is 1. The van der Waals surface area contributed by atoms with Gasteiger partial charge in [0, 0.05) is 6.54 Å². The Balaban J connectivity index is 0. The molecule has 0 saturated heterocycles. The Morgan fingerprint density at radius 3 is 1.80 bits per heavy atom. The lowest BCUT2D eigenvalue weighted by Crippen LogP contribution is -2.18. The van der Waals surface area contributed by atoms with Gasteiger partial charge in [0.1, 0.15) is 6.73 Å². The van der Waals surface area contributed by atoms with Crippen LogP contribution in [0.1, 0.15) is 6.92 Å². The van der Waals surface area contributed by atoms with Gasteiger partial charge in [0.05, 0.1) is 0 Å². The van der Waals surface area contributed by atoms with E-state index in [-0.39, 0.29) is 6.73 Å². The van der Waals surface area contributed by atoms with E-state index in [1.54, 1.807) is 6.92 Å². The molecule has 0 aromatic carbocycles. The Kier molecular flexibility index (Phi) is 9.69. The zero-order valence-corrected chi connectivity index (χ0v) is 5.56. The summed E-state index contributed by atoms with van der Waals surface area (Å²) in [6.45, 7) is 1.93. The normalized spacial score (nSPS) is 8.40. The monoisotopic (exact) mass is 153 g/mol. The van der Waals surface area contributed by atoms with Gasteiger partial charge in [-0.15, -0.1) is 0 Å². The third-order valence-electron chi connectivity index (χ3n) is 0.528. The van der Waals surface area contributed by atoms with Crippen LogP contribution in [0.4, 0.5) is 4.79 Å². The summed E-state index contributed by atoms with van der Waals surface area (Å²) in [6.07, 6.45) is -1.83. The molecule has 0 aliphatic rings. The molecule has 0 saturated carbocycles. The molecule has 6 heteroatoms. The topological polar surface area (TPSA) is 101 Å². The van der Waals surface area contributed by atoms with Gasteiger partial charge < -0.3 is 20.5 Å². The first-order valence-electron chi connectivity index (χ1n) is 2.51. The summed E-state index contributed by atoms with van der Waals surface area (Å²) in [5, 5.41) is 31.0. The van der Waals surface area contributed by atoms with E-state index in [0.29, 0.717) is 6.54 Å². The van der Waals surface area contributed by atoms with Crippen molar-refractivity contribution < 1.29 is 25.3 Å². The molecule has 0 fully saturated rings. The van der Waals surface area contributed by atoms with Crippen molar-refractivity contribution in [2.75, 3.05) is 13.3 Å². The average molecular weight is 153 g/mol. The van der Waals surface area contributed by atoms with Gasteiger partial charge in [-0.2, -0.15) is 5.06 Å². The van der Waals surface area contributed by atoms with E-state index in [2.05, 4.69) is 0 Å². The molecule has 0 spiro atoms. The molecular weight excluding hydrogens is 142 g/mol. The van der Waals surface area contributed by atoms with Crippen LogP contribution < -0.4 is 0 Å². The quantitative estimate of drug-likeness (QED) is 0.325. The number of rotatable bonds is 2. The molecule has 0 unspecified atom stereocenters. The number of aliphatic hydroxyl groups excluding tert-OH is 1. The summed E-state index contributed by atoms with van der Waals surface area (Å²) in [5.74, 6) is 0. The van der Waals surface area contributed by atoms with Crippen LogP contribution in [-0.2, 0) is 0 Å². The van der Waals surface area contributed by atoms with E-state index in [0.717, 1.165) is 5.06 Å². The van der Waals surface area contributed by atoms with E-state index in [1.165, 1.54) is 0 Å². The van der Waals surface area contributed by atoms with Crippen LogP contribution in [0.15, 0.2) is 0 Å². The van der Waals surface area contributed by atoms with Crippen molar-refractivity contribution in [3.8, 4) is 0 Å². The van der Waals surface area contributed by atoms with E-state index in [4.69, 9.17) is 25.3 Å². The molecule has 6 nitrogen and oxygen atoms in total. The Morgan fingerprint density at radius 1 is 1.50 bits per heavy atom. The van der Waals surface area contributed by atoms with Gasteiger partial charge in [-0.25, -0.2) is 4.79 Å². The number of hydroxylamine groups is 2. The SMILES string of the molecule is CCN(O)CO.O=C(O)O. The van der Waals surface area contributed by atoms with Gasteiger partial charge >= 0.3 is 6.16 Å². The maximum atomic E-state index is 8.56. The lowest BCUT2D eigenvalue weighted by molar-refractivity contribution is -0.138. The summed E-state index contributed by atoms with van der Waals surface area (Å²) in [4.78, 5) is 8.56. The Labute approximate surface area is 57.9 Å². The van der Waals surface area contributed by atoms with Crippen LogP contribution in [0.2, 0.25) is 0 Å². The third kappa shape index (κ3) is 27.3. The highest BCUT2D eigenvalue weighted by atomic mass is 16.6. The predicted octanol–water partition coefficient (Wildman–Crippen LogP) is -0.130. The largest absolute Gasteiger partial charge is 0.503 e. The van der Waals surface area contributed by atoms with Crippen molar-refractivity contribution in [3.63, 3.8) is 0 Å². The molecule has 0 rings (SSSR count). The second-order valence-electron chi connectivity index (χ2n) is 1.25. The van der Waals surface area contributed by atoms with Crippen LogP contribution in [0.5, 0.6) is 0 Å². The summed E-state index contributed by atoms with van der Waals surface area (Å²) in [5.41, 5.74) is 0. The molecule has 0 radical (unpaired) electrons. The van der Waals surface area contributed by atoms with Gasteiger partial charge in [0.15, 0.2) is 0 Å². The fourth-order valence-corrected chi connectivity index (χ4v) is 0.1000. The van der Waals surface area contributed by atoms with Crippen LogP contribution in [0, 0.1) is 0 Å². The minimum Gasteiger partial charge on any atom is -0.450 e. The molecule has 0 aromatic heterocycles. The van der Waals surface area contributed by atoms with E-state index in [1.807, 2.05) is 0 Å². The van der Waals surface area contributed by atoms with Crippen molar-refractivity contribution in [2.24, 2.45) is 0 Å². The van der Waals surface area contributed by atoms with Crippen molar-refractivity contribution >= 4 is 6.16 Å². The van der Waals surface area contributed by atoms with Gasteiger partial charge in [-0.1, -0.05) is 0 Å². The smallest absolute Gasteiger partial charge is 0.450 e. The number of nitrogens with zero attached hydrogens (tertiary/aromatic N) is 1. The number of aliphatic hydroxyl groups is 1. The minimum atomic E-state index is -1.83. The Hall–Kier alpha value is -0.850. The first kappa shape index (κ1) is 11.9. The average Bonchev–Trinajstić information content (AvgIpc) is 1.85. The van der Waals surface area contributed by atoms with Crippen molar-refractivity contribution in [1.29, 1.82) is 0 Å². The maximum absolute atomic E-state index is 8.56. The standard InChI is InChI=1S/C3H9NO2.CH2O3/c1-2-4(6)3-5;2-1(3)4/h5-6H,2-3H2,1H3;(H2,2,3,4). The minimum absolute atomic E-state index is 0.281. The highest BCUT2D eigenvalue weighted by Crippen LogP contribution is 1.70. The van der Waals surface area contributed by atoms with E-state index >= 15 is 0 Å². The highest BCUT2D eigenvalue weighted by molar-refractivity contribution is 5.53. The van der Waals surface area contributed by atoms with Gasteiger partial charge in [0.2, 0.25) is 0 Å². The zero-order valence-electron chi connectivity index (χ0n) is 5.56. The van der Waals surface area contributed by atoms with Gasteiger partial charge in [-0.3, -0.25) is 0 Å². The lowest BCUT2D eigenvalue weighted by atomic mass is 10.8. The number of hydrogen-bond donors (Lipinski definition) is 4. The fraction of sp³-hybridized carbons (Fsp3) is 0.750. The Bertz CT molecular complexity index is 77.7. The molecule has 0 aromatic rings. The summed E-state index contributed by atoms with van der Waals surface area (Å²) < 4.78 is 0. The number of hydrogen-bond acceptors (Lipinski definition) is 4. The van der Waals surface area contributed by atoms with E-state index < -0.39 is 6.16 Å². The molecular formula is C4H11NO5. The maximum Gasteiger partial charge on any atom is 0.503 e. The lowest BCUT2D eigenvalue weighted by Gasteiger charge is -2.03. The predicted molar refractivity (Wildman–Crippen MR) is 31.9 cm³/mol. The van der Waals surface area contributed by atoms with Crippen molar-refractivity contribution in [3.05, 3.63) is 0 Å². The van der Waals surface area contributed by atoms with Crippen molar-refractivity contribution in [2.45, 2.75) is 6.92 Å². The van der Waals surface area contributed by atoms with E-state index in [9.17, 15) is 0 Å². The van der Waals surface area contributed by atoms with Crippen molar-refractivity contribution in [1.82, 2.24) is 5.06 Å². The first-order chi connectivity index (χ1) is 4.54. The zero-order chi connectivity index (χ0) is 8.57. The van der Waals surface area contributed by atoms with Crippen LogP contribution in [0.25, 0.3) is 0 Å². The second-order valence-corrected chi connectivity index (χ2v) is 1.25. The van der Waals surface area contributed by atoms with Crippen LogP contribution in [0.3, 0.4) is 0 Å². The highest BCUT2D eigenvalue weighted by Gasteiger charge is 1.85. The molecule has 62 valence electrons. The summed E-state index contributed by atoms with van der Waals surface area (Å²) in [7, 11) is 0. The summed E-state index contributed by atoms with van der Waals surface area (Å²) in [6, 6.07) is 0. The molecule has 0 amide bonds.